The monoisotopic (exact) mass is 631 g/mol. The Bertz CT molecular complexity index is 1070. The molecule has 1 fully saturated rings. The van der Waals surface area contributed by atoms with E-state index in [-0.39, 0.29) is 20.4 Å². The molecule has 4 aromatic rings. The van der Waals surface area contributed by atoms with Gasteiger partial charge in [0, 0.05) is 19.5 Å². The van der Waals surface area contributed by atoms with Gasteiger partial charge >= 0.3 is 20.4 Å². The minimum Gasteiger partial charge on any atom is -0.481 e. The molecule has 4 aromatic carbocycles. The van der Waals surface area contributed by atoms with Gasteiger partial charge in [-0.3, -0.25) is 4.79 Å². The van der Waals surface area contributed by atoms with Crippen LogP contribution >= 0.6 is 7.92 Å². The van der Waals surface area contributed by atoms with Gasteiger partial charge in [0.15, 0.2) is 0 Å². The summed E-state index contributed by atoms with van der Waals surface area (Å²) in [6.45, 7) is 2.13. The van der Waals surface area contributed by atoms with E-state index in [0.717, 1.165) is 19.5 Å². The quantitative estimate of drug-likeness (QED) is 0.150. The Morgan fingerprint density at radius 1 is 0.769 bits per heavy atom. The van der Waals surface area contributed by atoms with E-state index in [1.165, 1.54) is 53.6 Å². The van der Waals surface area contributed by atoms with E-state index in [1.54, 1.807) is 0 Å². The third kappa shape index (κ3) is 12.0. The van der Waals surface area contributed by atoms with Gasteiger partial charge in [-0.2, -0.15) is 30.3 Å². The zero-order chi connectivity index (χ0) is 27.0. The van der Waals surface area contributed by atoms with Crippen molar-refractivity contribution in [1.29, 1.82) is 0 Å². The predicted octanol–water partition coefficient (Wildman–Crippen LogP) is 6.52. The second-order valence-electron chi connectivity index (χ2n) is 9.59. The smallest absolute Gasteiger partial charge is 0.481 e. The molecule has 0 saturated heterocycles. The molecule has 3 nitrogen and oxygen atoms in total. The first-order valence-corrected chi connectivity index (χ1v) is 14.9. The average molecular weight is 632 g/mol. The maximum atomic E-state index is 9.00. The summed E-state index contributed by atoms with van der Waals surface area (Å²) in [6, 6.07) is 44.9. The van der Waals surface area contributed by atoms with Gasteiger partial charge in [0.1, 0.15) is 15.9 Å². The third-order valence-electron chi connectivity index (χ3n) is 6.58. The Labute approximate surface area is 249 Å². The van der Waals surface area contributed by atoms with Crippen LogP contribution in [0.3, 0.4) is 0 Å². The Morgan fingerprint density at radius 3 is 1.56 bits per heavy atom. The van der Waals surface area contributed by atoms with Crippen molar-refractivity contribution < 1.29 is 30.3 Å². The molecular weight excluding hydrogens is 592 g/mol. The summed E-state index contributed by atoms with van der Waals surface area (Å²) >= 11 is 0. The number of rotatable bonds is 6. The molecule has 1 aliphatic rings. The van der Waals surface area contributed by atoms with Gasteiger partial charge in [0.2, 0.25) is 0 Å². The summed E-state index contributed by atoms with van der Waals surface area (Å²) in [5, 5.41) is 11.7. The summed E-state index contributed by atoms with van der Waals surface area (Å²) in [6.07, 6.45) is 7.01. The van der Waals surface area contributed by atoms with Crippen LogP contribution in [0.5, 0.6) is 0 Å². The number of benzene rings is 4. The third-order valence-corrected chi connectivity index (χ3v) is 9.31. The summed E-state index contributed by atoms with van der Waals surface area (Å²) in [5.74, 6) is -0.833. The molecule has 0 unspecified atom stereocenters. The molecule has 206 valence electrons. The standard InChI is InChI=1S/C18H15P.C14H20N.C2H4O2.Pd/c1-4-10-16(11-5-1)19(17-12-6-2-7-13-17)18-14-8-3-9-15-18;1-15(14-10-6-3-7-11-14)12-13-8-4-2-5-9-13;1-2(3)4;/h1-15H;2,4-5,8,14H,3,6-7,10-12H2,1H3;1H3,(H,3,4);/q;-1;;+2/p+1. The van der Waals surface area contributed by atoms with Crippen molar-refractivity contribution in [3.63, 3.8) is 0 Å². The first-order chi connectivity index (χ1) is 18.5. The molecular formula is C34H40NO2PPd+2. The van der Waals surface area contributed by atoms with Crippen LogP contribution in [0, 0.1) is 6.07 Å². The minimum absolute atomic E-state index is 0. The van der Waals surface area contributed by atoms with E-state index >= 15 is 0 Å². The fourth-order valence-electron chi connectivity index (χ4n) is 4.76. The van der Waals surface area contributed by atoms with Crippen molar-refractivity contribution in [2.75, 3.05) is 7.05 Å². The van der Waals surface area contributed by atoms with Crippen LogP contribution in [0.15, 0.2) is 115 Å². The Morgan fingerprint density at radius 2 is 1.18 bits per heavy atom. The molecule has 1 N–H and O–H groups in total. The molecule has 1 saturated carbocycles. The fourth-order valence-corrected chi connectivity index (χ4v) is 7.34. The van der Waals surface area contributed by atoms with Crippen LogP contribution in [0.2, 0.25) is 0 Å². The number of carboxylic acids is 1. The van der Waals surface area contributed by atoms with Gasteiger partial charge in [-0.25, -0.2) is 0 Å². The van der Waals surface area contributed by atoms with E-state index in [4.69, 9.17) is 9.90 Å². The molecule has 0 heterocycles. The van der Waals surface area contributed by atoms with Crippen molar-refractivity contribution in [3.05, 3.63) is 127 Å². The molecule has 0 aliphatic heterocycles. The van der Waals surface area contributed by atoms with Gasteiger partial charge in [0.05, 0.1) is 7.92 Å². The van der Waals surface area contributed by atoms with Crippen LogP contribution in [0.4, 0.5) is 0 Å². The van der Waals surface area contributed by atoms with Crippen molar-refractivity contribution in [2.45, 2.75) is 51.6 Å². The second kappa shape index (κ2) is 18.6. The van der Waals surface area contributed by atoms with E-state index in [2.05, 4.69) is 121 Å². The first-order valence-electron chi connectivity index (χ1n) is 13.4. The molecule has 39 heavy (non-hydrogen) atoms. The zero-order valence-electron chi connectivity index (χ0n) is 22.9. The summed E-state index contributed by atoms with van der Waals surface area (Å²) in [4.78, 5) is 11.5. The number of aliphatic carboxylic acids is 1. The van der Waals surface area contributed by atoms with E-state index < -0.39 is 13.9 Å². The van der Waals surface area contributed by atoms with Crippen molar-refractivity contribution in [3.8, 4) is 0 Å². The molecule has 0 amide bonds. The summed E-state index contributed by atoms with van der Waals surface area (Å²) < 4.78 is 0. The largest absolute Gasteiger partial charge is 2.00 e. The SMILES string of the molecule is CC(=O)O.CN(Cc1[c-]cccc1)C1CCCCC1.[Pd+2].c1ccc([PH+](c2ccccc2)c2ccccc2)cc1. The molecule has 5 heteroatoms. The van der Waals surface area contributed by atoms with E-state index in [1.807, 2.05) is 12.1 Å². The van der Waals surface area contributed by atoms with Crippen LogP contribution in [-0.4, -0.2) is 29.1 Å². The molecule has 5 rings (SSSR count). The number of carboxylic acid groups (broad SMARTS) is 1. The Balaban J connectivity index is 0.000000240. The molecule has 0 bridgehead atoms. The van der Waals surface area contributed by atoms with Crippen molar-refractivity contribution in [1.82, 2.24) is 4.90 Å². The number of carbonyl (C=O) groups is 1. The zero-order valence-corrected chi connectivity index (χ0v) is 25.5. The molecule has 0 aromatic heterocycles. The van der Waals surface area contributed by atoms with Gasteiger partial charge in [-0.15, -0.1) is 5.56 Å². The molecule has 0 spiro atoms. The molecule has 0 atom stereocenters. The Hall–Kier alpha value is -2.60. The van der Waals surface area contributed by atoms with Gasteiger partial charge < -0.3 is 10.0 Å². The van der Waals surface area contributed by atoms with Crippen LogP contribution in [0.25, 0.3) is 0 Å². The topological polar surface area (TPSA) is 40.5 Å². The van der Waals surface area contributed by atoms with Gasteiger partial charge in [0.25, 0.3) is 5.97 Å². The maximum Gasteiger partial charge on any atom is 2.00 e. The molecule has 0 radical (unpaired) electrons. The number of hydrogen-bond acceptors (Lipinski definition) is 2. The second-order valence-corrected chi connectivity index (χ2v) is 12.1. The Kier molecular flexibility index (Phi) is 15.6. The van der Waals surface area contributed by atoms with Crippen molar-refractivity contribution >= 4 is 29.8 Å². The summed E-state index contributed by atoms with van der Waals surface area (Å²) in [7, 11) is 1.37. The predicted molar refractivity (Wildman–Crippen MR) is 163 cm³/mol. The van der Waals surface area contributed by atoms with Crippen LogP contribution < -0.4 is 15.9 Å². The van der Waals surface area contributed by atoms with Crippen molar-refractivity contribution in [2.24, 2.45) is 0 Å². The average Bonchev–Trinajstić information content (AvgIpc) is 2.96. The van der Waals surface area contributed by atoms with Crippen LogP contribution in [0.1, 0.15) is 44.6 Å². The van der Waals surface area contributed by atoms with E-state index in [0.29, 0.717) is 0 Å². The van der Waals surface area contributed by atoms with Crippen LogP contribution in [-0.2, 0) is 31.8 Å². The normalized spacial score (nSPS) is 12.8. The first kappa shape index (κ1) is 32.6. The number of nitrogens with zero attached hydrogens (tertiary/aromatic N) is 1. The fraction of sp³-hybridized carbons (Fsp3) is 0.265. The van der Waals surface area contributed by atoms with E-state index in [9.17, 15) is 0 Å². The minimum atomic E-state index is -0.877. The van der Waals surface area contributed by atoms with Gasteiger partial charge in [-0.1, -0.05) is 73.9 Å². The number of hydrogen-bond donors (Lipinski definition) is 1. The summed E-state index contributed by atoms with van der Waals surface area (Å²) in [5.41, 5.74) is 1.31. The van der Waals surface area contributed by atoms with Gasteiger partial charge in [-0.05, 0) is 56.3 Å². The molecule has 1 aliphatic carbocycles. The maximum absolute atomic E-state index is 9.00.